The first-order valence-electron chi connectivity index (χ1n) is 6.57. The fraction of sp³-hybridized carbons (Fsp3) is 0.533. The summed E-state index contributed by atoms with van der Waals surface area (Å²) in [6, 6.07) is 9.73. The van der Waals surface area contributed by atoms with Gasteiger partial charge in [-0.2, -0.15) is 0 Å². The van der Waals surface area contributed by atoms with Crippen LogP contribution < -0.4 is 5.32 Å². The number of benzene rings is 1. The maximum Gasteiger partial charge on any atom is 0.222 e. The van der Waals surface area contributed by atoms with Gasteiger partial charge >= 0.3 is 0 Å². The molecule has 0 radical (unpaired) electrons. The molecule has 2 N–H and O–H groups in total. The molecule has 1 amide bonds. The van der Waals surface area contributed by atoms with Crippen LogP contribution in [0.25, 0.3) is 0 Å². The number of rotatable bonds is 7. The Morgan fingerprint density at radius 1 is 1.32 bits per heavy atom. The third-order valence-electron chi connectivity index (χ3n) is 3.10. The lowest BCUT2D eigenvalue weighted by atomic mass is 10.0. The van der Waals surface area contributed by atoms with Crippen LogP contribution in [0.5, 0.6) is 0 Å². The lowest BCUT2D eigenvalue weighted by molar-refractivity contribution is -0.124. The minimum Gasteiger partial charge on any atom is -0.392 e. The highest BCUT2D eigenvalue weighted by molar-refractivity contribution is 5.76. The maximum absolute atomic E-state index is 11.7. The second-order valence-electron chi connectivity index (χ2n) is 4.95. The Hall–Kier alpha value is -1.39. The number of hydrogen-bond donors (Lipinski definition) is 2. The van der Waals surface area contributed by atoms with E-state index in [0.717, 1.165) is 5.56 Å². The van der Waals surface area contributed by atoms with E-state index in [2.05, 4.69) is 5.32 Å². The molecule has 0 saturated heterocycles. The first kappa shape index (κ1) is 15.7. The van der Waals surface area contributed by atoms with Crippen LogP contribution in [0, 0.1) is 5.92 Å². The molecule has 0 spiro atoms. The van der Waals surface area contributed by atoms with Crippen LogP contribution in [0.2, 0.25) is 0 Å². The van der Waals surface area contributed by atoms with Crippen molar-refractivity contribution in [2.75, 3.05) is 13.7 Å². The van der Waals surface area contributed by atoms with Crippen molar-refractivity contribution < 1.29 is 14.6 Å². The van der Waals surface area contributed by atoms with Gasteiger partial charge in [0.25, 0.3) is 0 Å². The summed E-state index contributed by atoms with van der Waals surface area (Å²) < 4.78 is 5.36. The molecule has 0 fully saturated rings. The van der Waals surface area contributed by atoms with Gasteiger partial charge < -0.3 is 15.2 Å². The number of methoxy groups -OCH3 is 1. The molecule has 1 aromatic rings. The van der Waals surface area contributed by atoms with E-state index in [1.165, 1.54) is 0 Å². The van der Waals surface area contributed by atoms with Crippen molar-refractivity contribution >= 4 is 5.91 Å². The van der Waals surface area contributed by atoms with Crippen molar-refractivity contribution in [3.63, 3.8) is 0 Å². The number of hydrogen-bond acceptors (Lipinski definition) is 3. The minimum atomic E-state index is -0.599. The zero-order valence-corrected chi connectivity index (χ0v) is 11.8. The average molecular weight is 265 g/mol. The van der Waals surface area contributed by atoms with Crippen molar-refractivity contribution in [2.24, 2.45) is 5.92 Å². The van der Waals surface area contributed by atoms with E-state index in [4.69, 9.17) is 4.74 Å². The smallest absolute Gasteiger partial charge is 0.222 e. The Bertz CT molecular complexity index is 378. The standard InChI is InChI=1S/C15H23NO3/c1-11(2)13(17)9-15(18)16-10-14(19-3)12-7-5-4-6-8-12/h4-8,11,13-14,17H,9-10H2,1-3H3,(H,16,18). The SMILES string of the molecule is COC(CNC(=O)CC(O)C(C)C)c1ccccc1. The lowest BCUT2D eigenvalue weighted by Gasteiger charge is -2.18. The van der Waals surface area contributed by atoms with Gasteiger partial charge in [-0.1, -0.05) is 44.2 Å². The summed E-state index contributed by atoms with van der Waals surface area (Å²) in [5.74, 6) is -0.0720. The van der Waals surface area contributed by atoms with Crippen LogP contribution in [0.1, 0.15) is 31.9 Å². The van der Waals surface area contributed by atoms with Crippen LogP contribution >= 0.6 is 0 Å². The Kier molecular flexibility index (Phi) is 6.53. The molecular weight excluding hydrogens is 242 g/mol. The number of aliphatic hydroxyl groups is 1. The molecule has 0 aliphatic rings. The van der Waals surface area contributed by atoms with Gasteiger partial charge in [0.05, 0.1) is 18.6 Å². The average Bonchev–Trinajstić information content (AvgIpc) is 2.40. The Morgan fingerprint density at radius 3 is 2.47 bits per heavy atom. The summed E-state index contributed by atoms with van der Waals surface area (Å²) >= 11 is 0. The van der Waals surface area contributed by atoms with Gasteiger partial charge in [0.2, 0.25) is 5.91 Å². The number of amides is 1. The summed E-state index contributed by atoms with van der Waals surface area (Å²) in [4.78, 5) is 11.7. The van der Waals surface area contributed by atoms with Crippen LogP contribution in [0.3, 0.4) is 0 Å². The highest BCUT2D eigenvalue weighted by Gasteiger charge is 2.16. The molecule has 0 aromatic heterocycles. The third-order valence-corrected chi connectivity index (χ3v) is 3.10. The number of aliphatic hydroxyl groups excluding tert-OH is 1. The maximum atomic E-state index is 11.7. The Balaban J connectivity index is 2.44. The van der Waals surface area contributed by atoms with E-state index in [9.17, 15) is 9.90 Å². The van der Waals surface area contributed by atoms with E-state index < -0.39 is 6.10 Å². The Morgan fingerprint density at radius 2 is 1.95 bits per heavy atom. The number of ether oxygens (including phenoxy) is 1. The third kappa shape index (κ3) is 5.41. The lowest BCUT2D eigenvalue weighted by Crippen LogP contribution is -2.32. The zero-order valence-electron chi connectivity index (χ0n) is 11.8. The molecule has 1 rings (SSSR count). The molecule has 4 nitrogen and oxygen atoms in total. The van der Waals surface area contributed by atoms with Gasteiger partial charge in [-0.15, -0.1) is 0 Å². The van der Waals surface area contributed by atoms with Crippen LogP contribution in [-0.2, 0) is 9.53 Å². The van der Waals surface area contributed by atoms with Crippen LogP contribution in [0.15, 0.2) is 30.3 Å². The van der Waals surface area contributed by atoms with Gasteiger partial charge in [-0.05, 0) is 11.5 Å². The van der Waals surface area contributed by atoms with Gasteiger partial charge in [0, 0.05) is 13.7 Å². The van der Waals surface area contributed by atoms with Gasteiger partial charge in [0.15, 0.2) is 0 Å². The highest BCUT2D eigenvalue weighted by atomic mass is 16.5. The van der Waals surface area contributed by atoms with Gasteiger partial charge in [-0.3, -0.25) is 4.79 Å². The van der Waals surface area contributed by atoms with Crippen LogP contribution in [0.4, 0.5) is 0 Å². The largest absolute Gasteiger partial charge is 0.392 e. The molecule has 0 heterocycles. The first-order valence-corrected chi connectivity index (χ1v) is 6.57. The molecule has 0 saturated carbocycles. The molecule has 106 valence electrons. The molecule has 2 unspecified atom stereocenters. The number of carbonyl (C=O) groups excluding carboxylic acids is 1. The van der Waals surface area contributed by atoms with Crippen molar-refractivity contribution in [1.29, 1.82) is 0 Å². The quantitative estimate of drug-likeness (QED) is 0.791. The molecule has 1 aromatic carbocycles. The fourth-order valence-corrected chi connectivity index (χ4v) is 1.71. The van der Waals surface area contributed by atoms with E-state index in [1.807, 2.05) is 44.2 Å². The summed E-state index contributed by atoms with van der Waals surface area (Å²) in [6.45, 7) is 4.18. The summed E-state index contributed by atoms with van der Waals surface area (Å²) in [7, 11) is 1.62. The van der Waals surface area contributed by atoms with E-state index >= 15 is 0 Å². The molecule has 2 atom stereocenters. The summed E-state index contributed by atoms with van der Waals surface area (Å²) in [6.07, 6.45) is -0.637. The first-order chi connectivity index (χ1) is 9.04. The molecule has 19 heavy (non-hydrogen) atoms. The van der Waals surface area contributed by atoms with Crippen molar-refractivity contribution in [3.05, 3.63) is 35.9 Å². The van der Waals surface area contributed by atoms with Crippen LogP contribution in [-0.4, -0.2) is 30.8 Å². The molecule has 0 bridgehead atoms. The van der Waals surface area contributed by atoms with E-state index in [1.54, 1.807) is 7.11 Å². The normalized spacial score (nSPS) is 14.2. The van der Waals surface area contributed by atoms with Gasteiger partial charge in [-0.25, -0.2) is 0 Å². The number of carbonyl (C=O) groups is 1. The Labute approximate surface area is 114 Å². The summed E-state index contributed by atoms with van der Waals surface area (Å²) in [5.41, 5.74) is 1.02. The molecule has 0 aliphatic carbocycles. The topological polar surface area (TPSA) is 58.6 Å². The predicted molar refractivity (Wildman–Crippen MR) is 74.7 cm³/mol. The second kappa shape index (κ2) is 7.92. The minimum absolute atomic E-state index is 0.0816. The predicted octanol–water partition coefficient (Wildman–Crippen LogP) is 1.90. The second-order valence-corrected chi connectivity index (χ2v) is 4.95. The molecule has 4 heteroatoms. The zero-order chi connectivity index (χ0) is 14.3. The van der Waals surface area contributed by atoms with Crippen molar-refractivity contribution in [1.82, 2.24) is 5.32 Å². The number of nitrogens with one attached hydrogen (secondary N) is 1. The monoisotopic (exact) mass is 265 g/mol. The van der Waals surface area contributed by atoms with Crippen molar-refractivity contribution in [3.8, 4) is 0 Å². The van der Waals surface area contributed by atoms with E-state index in [-0.39, 0.29) is 24.3 Å². The van der Waals surface area contributed by atoms with Gasteiger partial charge in [0.1, 0.15) is 0 Å². The molecule has 0 aliphatic heterocycles. The van der Waals surface area contributed by atoms with Crippen molar-refractivity contribution in [2.45, 2.75) is 32.5 Å². The van der Waals surface area contributed by atoms with E-state index in [0.29, 0.717) is 6.54 Å². The highest BCUT2D eigenvalue weighted by Crippen LogP contribution is 2.15. The summed E-state index contributed by atoms with van der Waals surface area (Å²) in [5, 5.41) is 12.4. The fourth-order valence-electron chi connectivity index (χ4n) is 1.71. The molecular formula is C15H23NO3.